The van der Waals surface area contributed by atoms with Gasteiger partial charge in [-0.3, -0.25) is 0 Å². The first-order valence-corrected chi connectivity index (χ1v) is 7.21. The maximum absolute atomic E-state index is 10.6. The van der Waals surface area contributed by atoms with Gasteiger partial charge in [-0.1, -0.05) is 0 Å². The molecule has 0 N–H and O–H groups in total. The first kappa shape index (κ1) is 13.9. The Morgan fingerprint density at radius 2 is 2.12 bits per heavy atom. The number of carbonyl (C=O) groups excluding carboxylic acids is 1. The topological polar surface area (TPSA) is 20.3 Å². The molecule has 0 atom stereocenters. The van der Waals surface area contributed by atoms with E-state index in [-0.39, 0.29) is 12.4 Å². The predicted octanol–water partition coefficient (Wildman–Crippen LogP) is 3.31. The van der Waals surface area contributed by atoms with Gasteiger partial charge in [-0.25, -0.2) is 0 Å². The van der Waals surface area contributed by atoms with Gasteiger partial charge < -0.3 is 9.69 Å². The lowest BCUT2D eigenvalue weighted by Gasteiger charge is -2.30. The third kappa shape index (κ3) is 3.15. The van der Waals surface area contributed by atoms with E-state index in [1.807, 2.05) is 11.3 Å². The third-order valence-corrected chi connectivity index (χ3v) is 5.04. The van der Waals surface area contributed by atoms with Crippen molar-refractivity contribution in [2.75, 3.05) is 24.2 Å². The monoisotopic (exact) mass is 277 g/mol. The molecule has 1 saturated heterocycles. The van der Waals surface area contributed by atoms with Crippen molar-refractivity contribution in [3.63, 3.8) is 0 Å². The van der Waals surface area contributed by atoms with Gasteiger partial charge >= 0.3 is 0 Å². The lowest BCUT2D eigenvalue weighted by atomic mass is 9.99. The summed E-state index contributed by atoms with van der Waals surface area (Å²) >= 11 is 3.64. The van der Waals surface area contributed by atoms with Crippen LogP contribution in [0.3, 0.4) is 0 Å². The lowest BCUT2D eigenvalue weighted by molar-refractivity contribution is -0.111. The normalized spacial score (nSPS) is 16.9. The molecule has 0 saturated carbocycles. The van der Waals surface area contributed by atoms with Crippen molar-refractivity contribution in [2.45, 2.75) is 17.1 Å². The van der Waals surface area contributed by atoms with Gasteiger partial charge in [0.15, 0.2) is 0 Å². The van der Waals surface area contributed by atoms with Gasteiger partial charge in [0.25, 0.3) is 0 Å². The standard InChI is InChI=1S/C11H15NOS2.ClH/c1-14-11-3-2-10(15-11)12-6-4-9(8-13)5-7-12;/h2-3,8-9H,4-7H2,1H3;1H. The molecule has 0 bridgehead atoms. The van der Waals surface area contributed by atoms with Crippen molar-refractivity contribution in [3.05, 3.63) is 12.1 Å². The molecule has 0 aromatic carbocycles. The molecule has 16 heavy (non-hydrogen) atoms. The highest BCUT2D eigenvalue weighted by molar-refractivity contribution is 8.00. The van der Waals surface area contributed by atoms with E-state index < -0.39 is 0 Å². The minimum absolute atomic E-state index is 0. The first-order valence-electron chi connectivity index (χ1n) is 5.17. The number of carbonyl (C=O) groups is 1. The minimum atomic E-state index is 0. The summed E-state index contributed by atoms with van der Waals surface area (Å²) in [4.78, 5) is 13.0. The highest BCUT2D eigenvalue weighted by atomic mass is 35.5. The van der Waals surface area contributed by atoms with Crippen molar-refractivity contribution in [3.8, 4) is 0 Å². The van der Waals surface area contributed by atoms with Crippen molar-refractivity contribution in [1.82, 2.24) is 0 Å². The van der Waals surface area contributed by atoms with E-state index in [4.69, 9.17) is 0 Å². The molecule has 0 spiro atoms. The molecule has 5 heteroatoms. The molecule has 1 aliphatic rings. The summed E-state index contributed by atoms with van der Waals surface area (Å²) in [6.45, 7) is 2.05. The molecule has 1 aromatic heterocycles. The SMILES string of the molecule is CSc1ccc(N2CCC(C=O)CC2)s1.Cl. The maximum Gasteiger partial charge on any atom is 0.123 e. The third-order valence-electron chi connectivity index (χ3n) is 2.81. The zero-order valence-electron chi connectivity index (χ0n) is 9.22. The number of thioether (sulfide) groups is 1. The molecule has 2 rings (SSSR count). The highest BCUT2D eigenvalue weighted by Crippen LogP contribution is 2.33. The molecular weight excluding hydrogens is 262 g/mol. The van der Waals surface area contributed by atoms with Crippen LogP contribution in [0.4, 0.5) is 5.00 Å². The van der Waals surface area contributed by atoms with Crippen molar-refractivity contribution in [2.24, 2.45) is 5.92 Å². The Morgan fingerprint density at radius 1 is 1.44 bits per heavy atom. The van der Waals surface area contributed by atoms with E-state index in [0.29, 0.717) is 5.92 Å². The Morgan fingerprint density at radius 3 is 2.62 bits per heavy atom. The number of nitrogens with zero attached hydrogens (tertiary/aromatic N) is 1. The van der Waals surface area contributed by atoms with Crippen molar-refractivity contribution >= 4 is 46.8 Å². The largest absolute Gasteiger partial charge is 0.363 e. The summed E-state index contributed by atoms with van der Waals surface area (Å²) in [5.74, 6) is 0.293. The number of aldehydes is 1. The second-order valence-corrected chi connectivity index (χ2v) is 5.93. The number of hydrogen-bond acceptors (Lipinski definition) is 4. The fraction of sp³-hybridized carbons (Fsp3) is 0.545. The zero-order valence-corrected chi connectivity index (χ0v) is 11.7. The van der Waals surface area contributed by atoms with Crippen molar-refractivity contribution < 1.29 is 4.79 Å². The Kier molecular flexibility index (Phi) is 5.66. The summed E-state index contributed by atoms with van der Waals surface area (Å²) in [6.07, 6.45) is 5.24. The van der Waals surface area contributed by atoms with Crippen LogP contribution in [0, 0.1) is 5.92 Å². The van der Waals surface area contributed by atoms with Crippen LogP contribution in [-0.2, 0) is 4.79 Å². The second kappa shape index (κ2) is 6.52. The Hall–Kier alpha value is -0.190. The van der Waals surface area contributed by atoms with Crippen LogP contribution < -0.4 is 4.90 Å². The quantitative estimate of drug-likeness (QED) is 0.625. The average Bonchev–Trinajstić information content (AvgIpc) is 2.78. The number of rotatable bonds is 3. The summed E-state index contributed by atoms with van der Waals surface area (Å²) in [7, 11) is 0. The molecular formula is C11H16ClNOS2. The van der Waals surface area contributed by atoms with E-state index in [9.17, 15) is 4.79 Å². The van der Waals surface area contributed by atoms with E-state index >= 15 is 0 Å². The maximum atomic E-state index is 10.6. The highest BCUT2D eigenvalue weighted by Gasteiger charge is 2.19. The predicted molar refractivity (Wildman–Crippen MR) is 74.3 cm³/mol. The van der Waals surface area contributed by atoms with Gasteiger partial charge in [-0.05, 0) is 31.2 Å². The van der Waals surface area contributed by atoms with E-state index in [2.05, 4.69) is 23.3 Å². The summed E-state index contributed by atoms with van der Waals surface area (Å²) in [6, 6.07) is 4.37. The van der Waals surface area contributed by atoms with E-state index in [1.54, 1.807) is 11.8 Å². The molecule has 1 fully saturated rings. The number of hydrogen-bond donors (Lipinski definition) is 0. The fourth-order valence-electron chi connectivity index (χ4n) is 1.85. The Bertz CT molecular complexity index is 334. The van der Waals surface area contributed by atoms with E-state index in [1.165, 1.54) is 9.21 Å². The summed E-state index contributed by atoms with van der Waals surface area (Å²) in [5, 5.41) is 1.35. The fourth-order valence-corrected chi connectivity index (χ4v) is 3.43. The lowest BCUT2D eigenvalue weighted by Crippen LogP contribution is -2.33. The van der Waals surface area contributed by atoms with Crippen LogP contribution >= 0.6 is 35.5 Å². The molecule has 0 unspecified atom stereocenters. The van der Waals surface area contributed by atoms with Gasteiger partial charge in [0.05, 0.1) is 9.21 Å². The van der Waals surface area contributed by atoms with Gasteiger partial charge in [0.2, 0.25) is 0 Å². The molecule has 2 nitrogen and oxygen atoms in total. The summed E-state index contributed by atoms with van der Waals surface area (Å²) in [5.41, 5.74) is 0. The van der Waals surface area contributed by atoms with Gasteiger partial charge in [-0.15, -0.1) is 35.5 Å². The molecule has 2 heterocycles. The molecule has 1 aliphatic heterocycles. The smallest absolute Gasteiger partial charge is 0.123 e. The molecule has 0 radical (unpaired) electrons. The van der Waals surface area contributed by atoms with Crippen LogP contribution in [0.25, 0.3) is 0 Å². The van der Waals surface area contributed by atoms with Gasteiger partial charge in [0.1, 0.15) is 6.29 Å². The van der Waals surface area contributed by atoms with Crippen LogP contribution in [-0.4, -0.2) is 25.6 Å². The van der Waals surface area contributed by atoms with Crippen LogP contribution in [0.5, 0.6) is 0 Å². The van der Waals surface area contributed by atoms with Crippen molar-refractivity contribution in [1.29, 1.82) is 0 Å². The molecule has 90 valence electrons. The van der Waals surface area contributed by atoms with Crippen LogP contribution in [0.15, 0.2) is 16.3 Å². The number of thiophene rings is 1. The van der Waals surface area contributed by atoms with Gasteiger partial charge in [0, 0.05) is 19.0 Å². The molecule has 0 aliphatic carbocycles. The summed E-state index contributed by atoms with van der Waals surface area (Å²) < 4.78 is 1.36. The number of piperidine rings is 1. The Labute approximate surface area is 111 Å². The minimum Gasteiger partial charge on any atom is -0.363 e. The number of anilines is 1. The Balaban J connectivity index is 0.00000128. The zero-order chi connectivity index (χ0) is 10.7. The van der Waals surface area contributed by atoms with Crippen LogP contribution in [0.2, 0.25) is 0 Å². The van der Waals surface area contributed by atoms with Gasteiger partial charge in [-0.2, -0.15) is 0 Å². The molecule has 0 amide bonds. The van der Waals surface area contributed by atoms with E-state index in [0.717, 1.165) is 32.2 Å². The average molecular weight is 278 g/mol. The second-order valence-electron chi connectivity index (χ2n) is 3.76. The van der Waals surface area contributed by atoms with Crippen LogP contribution in [0.1, 0.15) is 12.8 Å². The molecule has 1 aromatic rings. The number of halogens is 1. The first-order chi connectivity index (χ1) is 7.33.